The van der Waals surface area contributed by atoms with Gasteiger partial charge in [-0.3, -0.25) is 4.79 Å². The van der Waals surface area contributed by atoms with E-state index < -0.39 is 0 Å². The fourth-order valence-electron chi connectivity index (χ4n) is 1.42. The Hall–Kier alpha value is -1.26. The Balaban J connectivity index is 2.80. The molecule has 0 aromatic heterocycles. The lowest BCUT2D eigenvalue weighted by Crippen LogP contribution is -2.29. The summed E-state index contributed by atoms with van der Waals surface area (Å²) in [7, 11) is 0. The summed E-state index contributed by atoms with van der Waals surface area (Å²) >= 11 is 6.07. The van der Waals surface area contributed by atoms with Gasteiger partial charge in [-0.1, -0.05) is 11.6 Å². The molecule has 0 heterocycles. The molecule has 4 nitrogen and oxygen atoms in total. The Bertz CT molecular complexity index is 408. The molecule has 0 fully saturated rings. The van der Waals surface area contributed by atoms with Crippen LogP contribution in [-0.2, 0) is 11.3 Å². The van der Waals surface area contributed by atoms with Crippen LogP contribution in [0.5, 0.6) is 5.75 Å². The van der Waals surface area contributed by atoms with Gasteiger partial charge in [0.25, 0.3) is 0 Å². The van der Waals surface area contributed by atoms with Gasteiger partial charge in [0.05, 0.1) is 18.2 Å². The third-order valence-corrected chi connectivity index (χ3v) is 2.65. The highest BCUT2D eigenvalue weighted by molar-refractivity contribution is 6.32. The monoisotopic (exact) mass is 256 g/mol. The molecule has 17 heavy (non-hydrogen) atoms. The molecule has 0 aliphatic heterocycles. The number of carbonyl (C=O) groups excluding carboxylic acids is 1. The van der Waals surface area contributed by atoms with E-state index in [0.29, 0.717) is 23.9 Å². The van der Waals surface area contributed by atoms with E-state index in [1.165, 1.54) is 0 Å². The third kappa shape index (κ3) is 3.91. The number of ether oxygens (including phenoxy) is 1. The van der Waals surface area contributed by atoms with Crippen LogP contribution in [0.4, 0.5) is 0 Å². The van der Waals surface area contributed by atoms with Gasteiger partial charge in [0.15, 0.2) is 0 Å². The van der Waals surface area contributed by atoms with Crippen LogP contribution in [-0.4, -0.2) is 19.1 Å². The summed E-state index contributed by atoms with van der Waals surface area (Å²) in [4.78, 5) is 11.1. The second kappa shape index (κ2) is 6.47. The highest BCUT2D eigenvalue weighted by atomic mass is 35.5. The summed E-state index contributed by atoms with van der Waals surface area (Å²) in [5, 5.41) is 3.26. The Labute approximate surface area is 106 Å². The second-order valence-electron chi connectivity index (χ2n) is 3.62. The number of halogens is 1. The van der Waals surface area contributed by atoms with Crippen molar-refractivity contribution in [2.45, 2.75) is 20.4 Å². The Morgan fingerprint density at radius 2 is 2.24 bits per heavy atom. The number of hydrogen-bond donors (Lipinski definition) is 2. The minimum absolute atomic E-state index is 0.0101. The van der Waals surface area contributed by atoms with E-state index in [1.807, 2.05) is 19.9 Å². The maximum atomic E-state index is 11.1. The van der Waals surface area contributed by atoms with E-state index in [-0.39, 0.29) is 12.5 Å². The van der Waals surface area contributed by atoms with Crippen molar-refractivity contribution >= 4 is 17.5 Å². The summed E-state index contributed by atoms with van der Waals surface area (Å²) in [5.74, 6) is 0.481. The fourth-order valence-corrected chi connectivity index (χ4v) is 1.66. The molecule has 0 atom stereocenters. The average molecular weight is 257 g/mol. The Morgan fingerprint density at radius 1 is 1.53 bits per heavy atom. The smallest absolute Gasteiger partial charge is 0.234 e. The van der Waals surface area contributed by atoms with Gasteiger partial charge in [-0.15, -0.1) is 0 Å². The summed E-state index contributed by atoms with van der Waals surface area (Å²) in [6, 6.07) is 3.68. The molecule has 3 N–H and O–H groups in total. The minimum atomic E-state index is -0.186. The topological polar surface area (TPSA) is 64.3 Å². The quantitative estimate of drug-likeness (QED) is 0.842. The number of hydrogen-bond acceptors (Lipinski definition) is 3. The van der Waals surface area contributed by atoms with Crippen molar-refractivity contribution < 1.29 is 9.53 Å². The first-order chi connectivity index (χ1) is 8.08. The molecule has 0 spiro atoms. The number of rotatable bonds is 5. The predicted octanol–water partition coefficient (Wildman–Crippen LogP) is 1.62. The molecule has 5 heteroatoms. The highest BCUT2D eigenvalue weighted by Crippen LogP contribution is 2.28. The zero-order valence-electron chi connectivity index (χ0n) is 10.0. The van der Waals surface area contributed by atoms with Crippen molar-refractivity contribution in [3.05, 3.63) is 28.3 Å². The van der Waals surface area contributed by atoms with E-state index in [0.717, 1.165) is 11.1 Å². The van der Waals surface area contributed by atoms with Crippen molar-refractivity contribution in [3.8, 4) is 5.75 Å². The SMILES string of the molecule is CCOc1cc(C)c(CNC(=O)CN)cc1Cl. The number of nitrogens with two attached hydrogens (primary N) is 1. The predicted molar refractivity (Wildman–Crippen MR) is 68.3 cm³/mol. The van der Waals surface area contributed by atoms with Crippen LogP contribution in [0.25, 0.3) is 0 Å². The Kier molecular flexibility index (Phi) is 5.25. The highest BCUT2D eigenvalue weighted by Gasteiger charge is 2.07. The van der Waals surface area contributed by atoms with Crippen LogP contribution in [0.15, 0.2) is 12.1 Å². The van der Waals surface area contributed by atoms with E-state index in [2.05, 4.69) is 5.32 Å². The number of aryl methyl sites for hydroxylation is 1. The average Bonchev–Trinajstić information content (AvgIpc) is 2.31. The van der Waals surface area contributed by atoms with Crippen LogP contribution in [0, 0.1) is 6.92 Å². The van der Waals surface area contributed by atoms with Gasteiger partial charge in [-0.05, 0) is 37.1 Å². The van der Waals surface area contributed by atoms with Crippen molar-refractivity contribution in [2.75, 3.05) is 13.2 Å². The number of benzene rings is 1. The van der Waals surface area contributed by atoms with Gasteiger partial charge in [0, 0.05) is 6.54 Å². The van der Waals surface area contributed by atoms with Gasteiger partial charge >= 0.3 is 0 Å². The lowest BCUT2D eigenvalue weighted by atomic mass is 10.1. The van der Waals surface area contributed by atoms with Crippen LogP contribution in [0.1, 0.15) is 18.1 Å². The second-order valence-corrected chi connectivity index (χ2v) is 4.03. The van der Waals surface area contributed by atoms with E-state index >= 15 is 0 Å². The molecule has 0 aliphatic rings. The zero-order chi connectivity index (χ0) is 12.8. The fraction of sp³-hybridized carbons (Fsp3) is 0.417. The number of amides is 1. The van der Waals surface area contributed by atoms with Gasteiger partial charge < -0.3 is 15.8 Å². The van der Waals surface area contributed by atoms with Crippen LogP contribution < -0.4 is 15.8 Å². The van der Waals surface area contributed by atoms with Gasteiger partial charge in [0.1, 0.15) is 5.75 Å². The molecular formula is C12H17ClN2O2. The summed E-state index contributed by atoms with van der Waals surface area (Å²) in [6.45, 7) is 4.84. The zero-order valence-corrected chi connectivity index (χ0v) is 10.8. The van der Waals surface area contributed by atoms with E-state index in [4.69, 9.17) is 22.1 Å². The first kappa shape index (κ1) is 13.8. The molecule has 0 saturated heterocycles. The van der Waals surface area contributed by atoms with Crippen molar-refractivity contribution in [1.29, 1.82) is 0 Å². The standard InChI is InChI=1S/C12H17ClN2O2/c1-3-17-11-4-8(2)9(5-10(11)13)7-15-12(16)6-14/h4-5H,3,6-7,14H2,1-2H3,(H,15,16). The third-order valence-electron chi connectivity index (χ3n) is 2.35. The molecule has 0 aliphatic carbocycles. The molecule has 0 radical (unpaired) electrons. The van der Waals surface area contributed by atoms with E-state index in [1.54, 1.807) is 6.07 Å². The van der Waals surface area contributed by atoms with Crippen molar-refractivity contribution in [2.24, 2.45) is 5.73 Å². The van der Waals surface area contributed by atoms with Crippen LogP contribution >= 0.6 is 11.6 Å². The van der Waals surface area contributed by atoms with Gasteiger partial charge in [-0.25, -0.2) is 0 Å². The molecule has 0 unspecified atom stereocenters. The van der Waals surface area contributed by atoms with Crippen molar-refractivity contribution in [3.63, 3.8) is 0 Å². The lowest BCUT2D eigenvalue weighted by Gasteiger charge is -2.11. The molecule has 1 rings (SSSR count). The molecule has 1 aromatic rings. The van der Waals surface area contributed by atoms with Crippen LogP contribution in [0.2, 0.25) is 5.02 Å². The van der Waals surface area contributed by atoms with Gasteiger partial charge in [-0.2, -0.15) is 0 Å². The maximum absolute atomic E-state index is 11.1. The normalized spacial score (nSPS) is 10.1. The van der Waals surface area contributed by atoms with E-state index in [9.17, 15) is 4.79 Å². The first-order valence-corrected chi connectivity index (χ1v) is 5.84. The summed E-state index contributed by atoms with van der Waals surface area (Å²) in [6.07, 6.45) is 0. The number of nitrogens with one attached hydrogen (secondary N) is 1. The van der Waals surface area contributed by atoms with Crippen LogP contribution in [0.3, 0.4) is 0 Å². The summed E-state index contributed by atoms with van der Waals surface area (Å²) in [5.41, 5.74) is 7.19. The molecule has 0 bridgehead atoms. The Morgan fingerprint density at radius 3 is 2.82 bits per heavy atom. The first-order valence-electron chi connectivity index (χ1n) is 5.47. The molecule has 0 saturated carbocycles. The largest absolute Gasteiger partial charge is 0.492 e. The summed E-state index contributed by atoms with van der Waals surface area (Å²) < 4.78 is 5.38. The molecule has 94 valence electrons. The van der Waals surface area contributed by atoms with Gasteiger partial charge in [0.2, 0.25) is 5.91 Å². The van der Waals surface area contributed by atoms with Crippen molar-refractivity contribution in [1.82, 2.24) is 5.32 Å². The number of carbonyl (C=O) groups is 1. The molecule has 1 aromatic carbocycles. The molecular weight excluding hydrogens is 240 g/mol. The minimum Gasteiger partial charge on any atom is -0.492 e. The maximum Gasteiger partial charge on any atom is 0.234 e. The molecule has 1 amide bonds. The lowest BCUT2D eigenvalue weighted by molar-refractivity contribution is -0.119.